The second kappa shape index (κ2) is 12.9. The van der Waals surface area contributed by atoms with E-state index >= 15 is 0 Å². The SMILES string of the molecule is CCCCCC=CC=CC=CC=CC(=O)O[C@@]12[C@H](OC(C)=O)[C@@H](C)[C@@]3(O)[C@@H](C=C(CO)C[C@H]4C(=O)C(C)=C[C@@H]43)[C@@H]1C2(C)C. The molecule has 0 saturated heterocycles. The standard InChI is InChI=1S/C36H48O7/c1-7-8-9-10-11-12-13-14-15-16-17-18-30(39)43-36-32(34(36,5)6)29-21-26(22-37)20-27-28(19-23(2)31(27)40)35(29,41)24(3)33(36)42-25(4)38/h11-19,21,24,27-29,32-33,37,41H,7-10,20,22H2,1-6H3/t24-,27-,28+,29+,32-,33-,35+,36-/m1/s1. The summed E-state index contributed by atoms with van der Waals surface area (Å²) >= 11 is 0. The van der Waals surface area contributed by atoms with E-state index < -0.39 is 64.2 Å². The van der Waals surface area contributed by atoms with Gasteiger partial charge in [0.2, 0.25) is 0 Å². The Hall–Kier alpha value is -3.03. The molecule has 7 nitrogen and oxygen atoms in total. The normalized spacial score (nSPS) is 36.3. The minimum atomic E-state index is -1.46. The first-order valence-corrected chi connectivity index (χ1v) is 15.7. The van der Waals surface area contributed by atoms with Crippen LogP contribution in [0.3, 0.4) is 0 Å². The first-order chi connectivity index (χ1) is 20.4. The van der Waals surface area contributed by atoms with Crippen LogP contribution in [0.15, 0.2) is 71.9 Å². The van der Waals surface area contributed by atoms with Crippen LogP contribution in [-0.2, 0) is 23.9 Å². The summed E-state index contributed by atoms with van der Waals surface area (Å²) in [6.07, 6.45) is 22.3. The van der Waals surface area contributed by atoms with Gasteiger partial charge < -0.3 is 19.7 Å². The number of unbranched alkanes of at least 4 members (excludes halogenated alkanes) is 3. The molecule has 0 aromatic carbocycles. The summed E-state index contributed by atoms with van der Waals surface area (Å²) in [4.78, 5) is 38.8. The molecule has 0 radical (unpaired) electrons. The summed E-state index contributed by atoms with van der Waals surface area (Å²) in [5.74, 6) is -3.79. The highest BCUT2D eigenvalue weighted by Gasteiger charge is 2.87. The van der Waals surface area contributed by atoms with Gasteiger partial charge in [-0.3, -0.25) is 9.59 Å². The molecular formula is C36H48O7. The van der Waals surface area contributed by atoms with E-state index in [-0.39, 0.29) is 12.4 Å². The fraction of sp³-hybridized carbons (Fsp3) is 0.583. The lowest BCUT2D eigenvalue weighted by Crippen LogP contribution is -2.63. The summed E-state index contributed by atoms with van der Waals surface area (Å²) in [6.45, 7) is 10.7. The first kappa shape index (κ1) is 32.9. The van der Waals surface area contributed by atoms with Crippen molar-refractivity contribution < 1.29 is 34.1 Å². The minimum Gasteiger partial charge on any atom is -0.458 e. The summed E-state index contributed by atoms with van der Waals surface area (Å²) in [5.41, 5.74) is -2.05. The Morgan fingerprint density at radius 3 is 2.37 bits per heavy atom. The average molecular weight is 593 g/mol. The maximum atomic E-state index is 13.2. The molecule has 0 aliphatic heterocycles. The van der Waals surface area contributed by atoms with Gasteiger partial charge >= 0.3 is 11.9 Å². The van der Waals surface area contributed by atoms with E-state index in [0.717, 1.165) is 6.42 Å². The highest BCUT2D eigenvalue weighted by Crippen LogP contribution is 2.76. The molecule has 0 heterocycles. The van der Waals surface area contributed by atoms with Crippen molar-refractivity contribution in [1.82, 2.24) is 0 Å². The Morgan fingerprint density at radius 1 is 1.05 bits per heavy atom. The van der Waals surface area contributed by atoms with Gasteiger partial charge in [0.05, 0.1) is 12.2 Å². The van der Waals surface area contributed by atoms with Crippen molar-refractivity contribution >= 4 is 17.7 Å². The lowest BCUT2D eigenvalue weighted by Gasteiger charge is -2.52. The minimum absolute atomic E-state index is 0.0379. The monoisotopic (exact) mass is 592 g/mol. The molecule has 2 N–H and O–H groups in total. The molecule has 0 unspecified atom stereocenters. The fourth-order valence-corrected chi connectivity index (χ4v) is 8.22. The predicted octanol–water partition coefficient (Wildman–Crippen LogP) is 5.74. The third-order valence-corrected chi connectivity index (χ3v) is 10.3. The number of allylic oxidation sites excluding steroid dienone is 8. The number of aliphatic hydroxyl groups is 2. The molecule has 8 atom stereocenters. The summed E-state index contributed by atoms with van der Waals surface area (Å²) in [7, 11) is 0. The maximum absolute atomic E-state index is 13.2. The molecule has 7 heteroatoms. The molecule has 0 aromatic rings. The lowest BCUT2D eigenvalue weighted by atomic mass is 9.60. The smallest absolute Gasteiger partial charge is 0.331 e. The van der Waals surface area contributed by atoms with Gasteiger partial charge in [-0.2, -0.15) is 0 Å². The zero-order valence-corrected chi connectivity index (χ0v) is 26.4. The largest absolute Gasteiger partial charge is 0.458 e. The highest BCUT2D eigenvalue weighted by atomic mass is 16.6. The Morgan fingerprint density at radius 2 is 1.72 bits per heavy atom. The molecule has 2 fully saturated rings. The molecule has 4 aliphatic carbocycles. The summed E-state index contributed by atoms with van der Waals surface area (Å²) in [6, 6.07) is 0. The van der Waals surface area contributed by atoms with Crippen molar-refractivity contribution in [2.24, 2.45) is 35.0 Å². The Bertz CT molecular complexity index is 1280. The van der Waals surface area contributed by atoms with Crippen LogP contribution in [0, 0.1) is 35.0 Å². The number of ether oxygens (including phenoxy) is 2. The van der Waals surface area contributed by atoms with Gasteiger partial charge in [-0.1, -0.05) is 95.2 Å². The van der Waals surface area contributed by atoms with Crippen LogP contribution in [-0.4, -0.2) is 51.8 Å². The van der Waals surface area contributed by atoms with Crippen molar-refractivity contribution in [3.63, 3.8) is 0 Å². The number of hydrogen-bond donors (Lipinski definition) is 2. The molecular weight excluding hydrogens is 544 g/mol. The number of ketones is 1. The topological polar surface area (TPSA) is 110 Å². The van der Waals surface area contributed by atoms with Gasteiger partial charge in [0.15, 0.2) is 11.4 Å². The van der Waals surface area contributed by atoms with E-state index in [1.807, 2.05) is 57.2 Å². The number of hydrogen-bond acceptors (Lipinski definition) is 7. The zero-order valence-electron chi connectivity index (χ0n) is 26.4. The van der Waals surface area contributed by atoms with E-state index in [0.29, 0.717) is 17.6 Å². The number of carbonyl (C=O) groups is 3. The van der Waals surface area contributed by atoms with Crippen LogP contribution < -0.4 is 0 Å². The van der Waals surface area contributed by atoms with Crippen molar-refractivity contribution in [1.29, 1.82) is 0 Å². The second-order valence-electron chi connectivity index (χ2n) is 13.2. The second-order valence-corrected chi connectivity index (χ2v) is 13.2. The number of Topliss-reactive ketones (excluding diaryl/α,β-unsaturated/α-hetero) is 1. The Kier molecular flexibility index (Phi) is 9.87. The van der Waals surface area contributed by atoms with E-state index in [2.05, 4.69) is 13.0 Å². The molecule has 4 rings (SSSR count). The van der Waals surface area contributed by atoms with Crippen molar-refractivity contribution in [2.75, 3.05) is 6.61 Å². The third-order valence-electron chi connectivity index (χ3n) is 10.3. The third kappa shape index (κ3) is 5.78. The molecule has 0 aromatic heterocycles. The number of rotatable bonds is 11. The molecule has 0 bridgehead atoms. The van der Waals surface area contributed by atoms with Gasteiger partial charge in [0, 0.05) is 48.0 Å². The van der Waals surface area contributed by atoms with Crippen molar-refractivity contribution in [3.05, 3.63) is 71.9 Å². The average Bonchev–Trinajstić information content (AvgIpc) is 3.35. The molecule has 0 amide bonds. The first-order valence-electron chi connectivity index (χ1n) is 15.7. The van der Waals surface area contributed by atoms with E-state index in [9.17, 15) is 24.6 Å². The van der Waals surface area contributed by atoms with Gasteiger partial charge in [-0.15, -0.1) is 0 Å². The van der Waals surface area contributed by atoms with Gasteiger partial charge in [0.1, 0.15) is 6.10 Å². The van der Waals surface area contributed by atoms with Gasteiger partial charge in [-0.05, 0) is 37.3 Å². The lowest BCUT2D eigenvalue weighted by molar-refractivity contribution is -0.217. The molecule has 4 aliphatic rings. The van der Waals surface area contributed by atoms with Crippen molar-refractivity contribution in [3.8, 4) is 0 Å². The number of carbonyl (C=O) groups excluding carboxylic acids is 3. The highest BCUT2D eigenvalue weighted by molar-refractivity contribution is 6.00. The number of fused-ring (bicyclic) bond motifs is 5. The van der Waals surface area contributed by atoms with Crippen molar-refractivity contribution in [2.45, 2.75) is 91.0 Å². The predicted molar refractivity (Wildman–Crippen MR) is 165 cm³/mol. The number of aliphatic hydroxyl groups excluding tert-OH is 1. The molecule has 2 saturated carbocycles. The van der Waals surface area contributed by atoms with E-state index in [1.165, 1.54) is 32.3 Å². The van der Waals surface area contributed by atoms with Crippen LogP contribution in [0.2, 0.25) is 0 Å². The van der Waals surface area contributed by atoms with Gasteiger partial charge in [-0.25, -0.2) is 4.79 Å². The molecule has 0 spiro atoms. The van der Waals surface area contributed by atoms with E-state index in [4.69, 9.17) is 9.47 Å². The van der Waals surface area contributed by atoms with Crippen LogP contribution >= 0.6 is 0 Å². The quantitative estimate of drug-likeness (QED) is 0.103. The summed E-state index contributed by atoms with van der Waals surface area (Å²) < 4.78 is 12.2. The van der Waals surface area contributed by atoms with Crippen LogP contribution in [0.1, 0.15) is 73.6 Å². The Balaban J connectivity index is 1.60. The van der Waals surface area contributed by atoms with Crippen LogP contribution in [0.25, 0.3) is 0 Å². The number of esters is 2. The fourth-order valence-electron chi connectivity index (χ4n) is 8.22. The van der Waals surface area contributed by atoms with Gasteiger partial charge in [0.25, 0.3) is 0 Å². The zero-order chi connectivity index (χ0) is 31.6. The van der Waals surface area contributed by atoms with Crippen LogP contribution in [0.4, 0.5) is 0 Å². The Labute approximate surface area is 256 Å². The maximum Gasteiger partial charge on any atom is 0.331 e. The van der Waals surface area contributed by atoms with Crippen LogP contribution in [0.5, 0.6) is 0 Å². The summed E-state index contributed by atoms with van der Waals surface area (Å²) in [5, 5.41) is 22.9. The van der Waals surface area contributed by atoms with E-state index in [1.54, 1.807) is 19.1 Å². The molecule has 43 heavy (non-hydrogen) atoms. The molecule has 234 valence electrons.